The molecule has 0 aliphatic carbocycles. The lowest BCUT2D eigenvalue weighted by Gasteiger charge is -2.34. The highest BCUT2D eigenvalue weighted by molar-refractivity contribution is 9.10. The van der Waals surface area contributed by atoms with E-state index >= 15 is 4.39 Å². The molecule has 1 aliphatic rings. The van der Waals surface area contributed by atoms with Gasteiger partial charge in [-0.1, -0.05) is 45.7 Å². The number of phenols is 1. The van der Waals surface area contributed by atoms with Crippen LogP contribution in [0.1, 0.15) is 53.2 Å². The number of alkyl halides is 7. The molecular weight excluding hydrogens is 834 g/mol. The lowest BCUT2D eigenvalue weighted by atomic mass is 9.93. The highest BCUT2D eigenvalue weighted by Gasteiger charge is 2.40. The number of carbonyl (C=O) groups is 2. The molecule has 2 heterocycles. The summed E-state index contributed by atoms with van der Waals surface area (Å²) in [5, 5.41) is 12.7. The lowest BCUT2D eigenvalue weighted by molar-refractivity contribution is -0.144. The zero-order valence-corrected chi connectivity index (χ0v) is 30.9. The average Bonchev–Trinajstić information content (AvgIpc) is 3.06. The minimum absolute atomic E-state index is 0.00350. The van der Waals surface area contributed by atoms with Gasteiger partial charge in [0, 0.05) is 47.5 Å². The largest absolute Gasteiger partial charge is 0.507 e. The van der Waals surface area contributed by atoms with E-state index in [9.17, 15) is 50.2 Å². The van der Waals surface area contributed by atoms with Crippen LogP contribution in [0.3, 0.4) is 0 Å². The number of phenolic OH excluding ortho intramolecular Hbond substituents is 1. The third kappa shape index (κ3) is 9.67. The van der Waals surface area contributed by atoms with Crippen LogP contribution in [0.25, 0.3) is 11.1 Å². The molecule has 1 aliphatic heterocycles. The molecule has 0 spiro atoms. The second-order valence-electron chi connectivity index (χ2n) is 12.6. The fraction of sp³-hybridized carbons (Fsp3) is 0.324. The van der Waals surface area contributed by atoms with Crippen LogP contribution in [0.5, 0.6) is 5.75 Å². The Morgan fingerprint density at radius 2 is 1.69 bits per heavy atom. The number of esters is 1. The van der Waals surface area contributed by atoms with Crippen LogP contribution in [0.2, 0.25) is 5.02 Å². The predicted octanol–water partition coefficient (Wildman–Crippen LogP) is 8.41. The first-order valence-corrected chi connectivity index (χ1v) is 17.7. The van der Waals surface area contributed by atoms with E-state index in [1.54, 1.807) is 4.90 Å². The number of nitrogens with one attached hydrogen (secondary N) is 1. The number of halogens is 10. The number of carbonyl (C=O) groups excluding carboxylic acids is 2. The van der Waals surface area contributed by atoms with E-state index < -0.39 is 93.8 Å². The van der Waals surface area contributed by atoms with Gasteiger partial charge >= 0.3 is 18.3 Å². The van der Waals surface area contributed by atoms with Crippen molar-refractivity contribution in [2.24, 2.45) is 0 Å². The van der Waals surface area contributed by atoms with Gasteiger partial charge in [-0.2, -0.15) is 26.3 Å². The zero-order valence-electron chi connectivity index (χ0n) is 28.6. The molecule has 8 nitrogen and oxygen atoms in total. The fourth-order valence-electron chi connectivity index (χ4n) is 6.27. The third-order valence-electron chi connectivity index (χ3n) is 8.82. The van der Waals surface area contributed by atoms with E-state index in [4.69, 9.17) is 16.3 Å². The van der Waals surface area contributed by atoms with Gasteiger partial charge in [-0.15, -0.1) is 0 Å². The molecule has 2 N–H and O–H groups in total. The Labute approximate surface area is 321 Å². The topological polar surface area (TPSA) is 101 Å². The van der Waals surface area contributed by atoms with E-state index in [1.807, 2.05) is 0 Å². The summed E-state index contributed by atoms with van der Waals surface area (Å²) in [7, 11) is 0. The molecule has 55 heavy (non-hydrogen) atoms. The maximum Gasteiger partial charge on any atom is 0.419 e. The number of likely N-dealkylation sites (tertiary alicyclic amines) is 1. The van der Waals surface area contributed by atoms with Gasteiger partial charge in [0.05, 0.1) is 35.2 Å². The van der Waals surface area contributed by atoms with Crippen LogP contribution < -0.4 is 10.9 Å². The molecule has 5 rings (SSSR count). The summed E-state index contributed by atoms with van der Waals surface area (Å²) in [4.78, 5) is 42.3. The Morgan fingerprint density at radius 3 is 2.29 bits per heavy atom. The van der Waals surface area contributed by atoms with Crippen LogP contribution >= 0.6 is 27.5 Å². The summed E-state index contributed by atoms with van der Waals surface area (Å²) in [6, 6.07) is 7.13. The second kappa shape index (κ2) is 16.7. The normalized spacial score (nSPS) is 15.0. The van der Waals surface area contributed by atoms with Crippen LogP contribution in [0, 0.1) is 5.82 Å². The molecule has 1 aromatic heterocycles. The summed E-state index contributed by atoms with van der Waals surface area (Å²) >= 11 is 9.47. The van der Waals surface area contributed by atoms with Crippen molar-refractivity contribution in [2.75, 3.05) is 26.2 Å². The number of nitrogens with zero attached hydrogens (tertiary/aromatic N) is 2. The van der Waals surface area contributed by atoms with E-state index in [0.29, 0.717) is 21.2 Å². The number of ether oxygens (including phenoxy) is 1. The number of aromatic hydroxyl groups is 1. The highest BCUT2D eigenvalue weighted by atomic mass is 79.9. The minimum Gasteiger partial charge on any atom is -0.507 e. The second-order valence-corrected chi connectivity index (χ2v) is 14.0. The summed E-state index contributed by atoms with van der Waals surface area (Å²) < 4.78 is 121. The van der Waals surface area contributed by atoms with Crippen molar-refractivity contribution >= 4 is 39.4 Å². The summed E-state index contributed by atoms with van der Waals surface area (Å²) in [5.41, 5.74) is -6.50. The molecule has 0 radical (unpaired) electrons. The van der Waals surface area contributed by atoms with Crippen LogP contribution in [0.4, 0.5) is 35.1 Å². The van der Waals surface area contributed by atoms with Gasteiger partial charge in [0.1, 0.15) is 23.8 Å². The maximum atomic E-state index is 16.1. The Morgan fingerprint density at radius 1 is 1.02 bits per heavy atom. The van der Waals surface area contributed by atoms with Gasteiger partial charge in [0.2, 0.25) is 5.91 Å². The Balaban J connectivity index is 1.68. The van der Waals surface area contributed by atoms with Gasteiger partial charge < -0.3 is 15.2 Å². The maximum absolute atomic E-state index is 16.1. The monoisotopic (exact) mass is 863 g/mol. The standard InChI is InChI=1S/C37H31BrClF8N3O5/c1-2-55-31(53)15-28(24-12-21(13-26(33(24)41)37(45,46)47)32-27(39)7-4-8-29(32)51)48-35(54)34(19-5-3-6-22(38)11-19)50-16-20(9-10-49-17-23(40)18-49)25(14-30(50)52)36(42,43)44/h3-8,11-14,16,23,28,34,51H,2,9-10,15,17-18H2,1H3,(H,48,54)/t28-,34?/m0/s1. The van der Waals surface area contributed by atoms with Gasteiger partial charge in [0.25, 0.3) is 5.56 Å². The molecule has 18 heteroatoms. The molecule has 0 bridgehead atoms. The number of benzene rings is 3. The first-order valence-electron chi connectivity index (χ1n) is 16.6. The number of hydrogen-bond donors (Lipinski definition) is 2. The first kappa shape index (κ1) is 41.7. The third-order valence-corrected chi connectivity index (χ3v) is 9.63. The molecule has 3 aromatic carbocycles. The number of pyridine rings is 1. The van der Waals surface area contributed by atoms with Crippen molar-refractivity contribution in [3.05, 3.63) is 120 Å². The zero-order chi connectivity index (χ0) is 40.4. The smallest absolute Gasteiger partial charge is 0.419 e. The minimum atomic E-state index is -5.34. The lowest BCUT2D eigenvalue weighted by Crippen LogP contribution is -2.49. The van der Waals surface area contributed by atoms with Gasteiger partial charge in [-0.3, -0.25) is 23.9 Å². The van der Waals surface area contributed by atoms with Gasteiger partial charge in [-0.25, -0.2) is 8.78 Å². The highest BCUT2D eigenvalue weighted by Crippen LogP contribution is 2.43. The molecule has 1 amide bonds. The molecule has 4 aromatic rings. The quantitative estimate of drug-likeness (QED) is 0.110. The van der Waals surface area contributed by atoms with Crippen molar-refractivity contribution in [1.82, 2.24) is 14.8 Å². The van der Waals surface area contributed by atoms with Crippen LogP contribution in [-0.2, 0) is 33.1 Å². The number of hydrogen-bond acceptors (Lipinski definition) is 6. The fourth-order valence-corrected chi connectivity index (χ4v) is 6.96. The van der Waals surface area contributed by atoms with Crippen molar-refractivity contribution < 1.29 is 54.6 Å². The van der Waals surface area contributed by atoms with Crippen molar-refractivity contribution in [1.29, 1.82) is 0 Å². The van der Waals surface area contributed by atoms with Crippen molar-refractivity contribution in [2.45, 2.75) is 50.4 Å². The van der Waals surface area contributed by atoms with Crippen LogP contribution in [-0.4, -0.2) is 58.9 Å². The molecule has 1 saturated heterocycles. The Kier molecular flexibility index (Phi) is 12.7. The molecule has 1 fully saturated rings. The number of amides is 1. The van der Waals surface area contributed by atoms with Crippen molar-refractivity contribution in [3.63, 3.8) is 0 Å². The predicted molar refractivity (Wildman–Crippen MR) is 189 cm³/mol. The number of rotatable bonds is 12. The van der Waals surface area contributed by atoms with Gasteiger partial charge in [0.15, 0.2) is 0 Å². The summed E-state index contributed by atoms with van der Waals surface area (Å²) in [6.07, 6.45) is -11.9. The molecular formula is C37H31BrClF8N3O5. The molecule has 294 valence electrons. The SMILES string of the molecule is CCOC(=O)C[C@H](NC(=O)C(c1cccc(Br)c1)n1cc(CCN2CC(F)C2)c(C(F)(F)F)cc1=O)c1cc(-c2c(O)cccc2Cl)cc(C(F)(F)F)c1F. The van der Waals surface area contributed by atoms with E-state index in [0.717, 1.165) is 18.3 Å². The van der Waals surface area contributed by atoms with Gasteiger partial charge in [-0.05, 0) is 66.4 Å². The molecule has 0 saturated carbocycles. The molecule has 1 unspecified atom stereocenters. The first-order chi connectivity index (χ1) is 25.8. The van der Waals surface area contributed by atoms with Crippen LogP contribution in [0.15, 0.2) is 76.1 Å². The summed E-state index contributed by atoms with van der Waals surface area (Å²) in [5.74, 6) is -4.79. The Hall–Kier alpha value is -4.48. The van der Waals surface area contributed by atoms with Crippen molar-refractivity contribution in [3.8, 4) is 16.9 Å². The number of aromatic nitrogens is 1. The van der Waals surface area contributed by atoms with E-state index in [2.05, 4.69) is 21.2 Å². The Bertz CT molecular complexity index is 2120. The summed E-state index contributed by atoms with van der Waals surface area (Å²) in [6.45, 7) is 1.18. The van der Waals surface area contributed by atoms with E-state index in [1.165, 1.54) is 43.3 Å². The average molecular weight is 865 g/mol. The van der Waals surface area contributed by atoms with E-state index in [-0.39, 0.29) is 48.8 Å². The molecule has 2 atom stereocenters.